The molecule has 5 heteroatoms. The predicted octanol–water partition coefficient (Wildman–Crippen LogP) is 3.87. The third-order valence-electron chi connectivity index (χ3n) is 4.88. The summed E-state index contributed by atoms with van der Waals surface area (Å²) >= 11 is 0. The Morgan fingerprint density at radius 2 is 0.917 bits per heavy atom. The average Bonchev–Trinajstić information content (AvgIpc) is 2.91. The molecule has 0 bridgehead atoms. The second-order valence-corrected chi connectivity index (χ2v) is 7.10. The molecule has 2 aliphatic carbocycles. The lowest BCUT2D eigenvalue weighted by Crippen LogP contribution is -2.23. The summed E-state index contributed by atoms with van der Waals surface area (Å²) in [6.45, 7) is 0. The van der Waals surface area contributed by atoms with Crippen LogP contribution >= 0.6 is 0 Å². The maximum atomic E-state index is 11.9. The molecule has 0 aliphatic heterocycles. The summed E-state index contributed by atoms with van der Waals surface area (Å²) in [4.78, 5) is 35.6. The Hall–Kier alpha value is -1.39. The summed E-state index contributed by atoms with van der Waals surface area (Å²) in [5.41, 5.74) is 0. The Morgan fingerprint density at radius 3 is 1.25 bits per heavy atom. The fourth-order valence-corrected chi connectivity index (χ4v) is 3.56. The lowest BCUT2D eigenvalue weighted by atomic mass is 10.1. The van der Waals surface area contributed by atoms with Crippen molar-refractivity contribution in [3.63, 3.8) is 0 Å². The van der Waals surface area contributed by atoms with Crippen LogP contribution in [-0.4, -0.2) is 29.9 Å². The van der Waals surface area contributed by atoms with Crippen molar-refractivity contribution in [2.45, 2.75) is 102 Å². The Kier molecular flexibility index (Phi) is 8.26. The summed E-state index contributed by atoms with van der Waals surface area (Å²) in [6, 6.07) is 0. The molecule has 0 radical (unpaired) electrons. The maximum Gasteiger partial charge on any atom is 0.313 e. The first kappa shape index (κ1) is 18.9. The Bertz CT molecular complexity index is 377. The monoisotopic (exact) mass is 338 g/mol. The van der Waals surface area contributed by atoms with Gasteiger partial charge in [0, 0.05) is 0 Å². The molecule has 2 rings (SSSR count). The van der Waals surface area contributed by atoms with Crippen LogP contribution in [0.25, 0.3) is 0 Å². The first-order valence-corrected chi connectivity index (χ1v) is 9.54. The van der Waals surface area contributed by atoms with E-state index in [0.717, 1.165) is 51.4 Å². The zero-order chi connectivity index (χ0) is 17.2. The third-order valence-corrected chi connectivity index (χ3v) is 4.88. The van der Waals surface area contributed by atoms with Crippen molar-refractivity contribution in [2.24, 2.45) is 0 Å². The SMILES string of the molecule is O=C(CC(=O)OC1CCCCCC1)CC(=O)OC1CCCCCC1. The summed E-state index contributed by atoms with van der Waals surface area (Å²) < 4.78 is 10.8. The lowest BCUT2D eigenvalue weighted by Gasteiger charge is -2.16. The molecule has 24 heavy (non-hydrogen) atoms. The summed E-state index contributed by atoms with van der Waals surface area (Å²) in [6.07, 6.45) is 11.7. The average molecular weight is 338 g/mol. The minimum absolute atomic E-state index is 0.0641. The van der Waals surface area contributed by atoms with E-state index in [4.69, 9.17) is 9.47 Å². The highest BCUT2D eigenvalue weighted by Gasteiger charge is 2.22. The van der Waals surface area contributed by atoms with Gasteiger partial charge in [0.2, 0.25) is 0 Å². The van der Waals surface area contributed by atoms with Gasteiger partial charge in [0.25, 0.3) is 0 Å². The highest BCUT2D eigenvalue weighted by Crippen LogP contribution is 2.21. The first-order chi connectivity index (χ1) is 11.6. The molecule has 0 amide bonds. The number of hydrogen-bond donors (Lipinski definition) is 0. The van der Waals surface area contributed by atoms with Crippen LogP contribution in [0.1, 0.15) is 89.9 Å². The van der Waals surface area contributed by atoms with Gasteiger partial charge in [-0.25, -0.2) is 0 Å². The molecule has 0 aromatic heterocycles. The van der Waals surface area contributed by atoms with Gasteiger partial charge >= 0.3 is 11.9 Å². The maximum absolute atomic E-state index is 11.9. The Labute approximate surface area is 144 Å². The topological polar surface area (TPSA) is 69.7 Å². The van der Waals surface area contributed by atoms with Crippen LogP contribution in [-0.2, 0) is 23.9 Å². The number of ether oxygens (including phenoxy) is 2. The van der Waals surface area contributed by atoms with Crippen LogP contribution < -0.4 is 0 Å². The molecule has 0 spiro atoms. The lowest BCUT2D eigenvalue weighted by molar-refractivity contribution is -0.154. The van der Waals surface area contributed by atoms with Crippen LogP contribution in [0.4, 0.5) is 0 Å². The number of ketones is 1. The highest BCUT2D eigenvalue weighted by molar-refractivity contribution is 6.03. The van der Waals surface area contributed by atoms with Gasteiger partial charge in [-0.1, -0.05) is 25.7 Å². The van der Waals surface area contributed by atoms with Crippen molar-refractivity contribution >= 4 is 17.7 Å². The molecule has 2 fully saturated rings. The fourth-order valence-electron chi connectivity index (χ4n) is 3.56. The molecular formula is C19H30O5. The van der Waals surface area contributed by atoms with Gasteiger partial charge in [-0.05, 0) is 51.4 Å². The van der Waals surface area contributed by atoms with Crippen LogP contribution in [0, 0.1) is 0 Å². The standard InChI is InChI=1S/C19H30O5/c20-15(13-18(21)23-16-9-5-1-2-6-10-16)14-19(22)24-17-11-7-3-4-8-12-17/h16-17H,1-14H2. The molecule has 0 aromatic rings. The molecule has 0 N–H and O–H groups in total. The second-order valence-electron chi connectivity index (χ2n) is 7.10. The Balaban J connectivity index is 1.65. The molecule has 5 nitrogen and oxygen atoms in total. The molecular weight excluding hydrogens is 308 g/mol. The van der Waals surface area contributed by atoms with Gasteiger partial charge in [-0.2, -0.15) is 0 Å². The van der Waals surface area contributed by atoms with E-state index >= 15 is 0 Å². The van der Waals surface area contributed by atoms with Crippen LogP contribution in [0.15, 0.2) is 0 Å². The molecule has 2 aliphatic rings. The smallest absolute Gasteiger partial charge is 0.313 e. The van der Waals surface area contributed by atoms with Gasteiger partial charge in [0.1, 0.15) is 25.0 Å². The van der Waals surface area contributed by atoms with Crippen molar-refractivity contribution in [1.82, 2.24) is 0 Å². The highest BCUT2D eigenvalue weighted by atomic mass is 16.5. The molecule has 0 aromatic carbocycles. The van der Waals surface area contributed by atoms with E-state index in [1.54, 1.807) is 0 Å². The Morgan fingerprint density at radius 1 is 0.583 bits per heavy atom. The van der Waals surface area contributed by atoms with Gasteiger partial charge < -0.3 is 9.47 Å². The quantitative estimate of drug-likeness (QED) is 0.418. The van der Waals surface area contributed by atoms with Gasteiger partial charge in [0.15, 0.2) is 5.78 Å². The van der Waals surface area contributed by atoms with E-state index in [9.17, 15) is 14.4 Å². The van der Waals surface area contributed by atoms with Gasteiger partial charge in [0.05, 0.1) is 0 Å². The van der Waals surface area contributed by atoms with E-state index in [1.807, 2.05) is 0 Å². The van der Waals surface area contributed by atoms with E-state index in [-0.39, 0.29) is 25.0 Å². The zero-order valence-electron chi connectivity index (χ0n) is 14.6. The second kappa shape index (κ2) is 10.5. The van der Waals surface area contributed by atoms with Crippen molar-refractivity contribution < 1.29 is 23.9 Å². The molecule has 0 unspecified atom stereocenters. The first-order valence-electron chi connectivity index (χ1n) is 9.54. The van der Waals surface area contributed by atoms with Crippen LogP contribution in [0.3, 0.4) is 0 Å². The summed E-state index contributed by atoms with van der Waals surface area (Å²) in [7, 11) is 0. The fraction of sp³-hybridized carbons (Fsp3) is 0.842. The van der Waals surface area contributed by atoms with E-state index in [2.05, 4.69) is 0 Å². The molecule has 0 heterocycles. The number of carbonyl (C=O) groups is 3. The molecule has 2 saturated carbocycles. The molecule has 136 valence electrons. The summed E-state index contributed by atoms with van der Waals surface area (Å²) in [5, 5.41) is 0. The number of rotatable bonds is 6. The van der Waals surface area contributed by atoms with Crippen molar-refractivity contribution in [1.29, 1.82) is 0 Å². The van der Waals surface area contributed by atoms with Crippen molar-refractivity contribution in [2.75, 3.05) is 0 Å². The number of esters is 2. The van der Waals surface area contributed by atoms with Crippen LogP contribution in [0.2, 0.25) is 0 Å². The zero-order valence-corrected chi connectivity index (χ0v) is 14.6. The van der Waals surface area contributed by atoms with Crippen molar-refractivity contribution in [3.05, 3.63) is 0 Å². The summed E-state index contributed by atoms with van der Waals surface area (Å²) in [5.74, 6) is -1.42. The largest absolute Gasteiger partial charge is 0.462 e. The number of hydrogen-bond acceptors (Lipinski definition) is 5. The van der Waals surface area contributed by atoms with E-state index in [0.29, 0.717) is 0 Å². The van der Waals surface area contributed by atoms with E-state index < -0.39 is 17.7 Å². The molecule has 0 atom stereocenters. The number of Topliss-reactive ketones (excluding diaryl/α,β-unsaturated/α-hetero) is 1. The van der Waals surface area contributed by atoms with Crippen molar-refractivity contribution in [3.8, 4) is 0 Å². The third kappa shape index (κ3) is 7.45. The predicted molar refractivity (Wildman–Crippen MR) is 89.4 cm³/mol. The molecule has 0 saturated heterocycles. The van der Waals surface area contributed by atoms with Crippen LogP contribution in [0.5, 0.6) is 0 Å². The van der Waals surface area contributed by atoms with Gasteiger partial charge in [-0.3, -0.25) is 14.4 Å². The van der Waals surface area contributed by atoms with E-state index in [1.165, 1.54) is 25.7 Å². The minimum atomic E-state index is -0.505. The normalized spacial score (nSPS) is 20.7. The minimum Gasteiger partial charge on any atom is -0.462 e. The van der Waals surface area contributed by atoms with Gasteiger partial charge in [-0.15, -0.1) is 0 Å². The number of carbonyl (C=O) groups excluding carboxylic acids is 3.